The molecule has 0 aliphatic rings. The summed E-state index contributed by atoms with van der Waals surface area (Å²) in [6, 6.07) is 6.99. The number of nitrogens with one attached hydrogen (secondary N) is 2. The van der Waals surface area contributed by atoms with Crippen LogP contribution in [0.1, 0.15) is 129 Å². The van der Waals surface area contributed by atoms with Gasteiger partial charge in [0, 0.05) is 11.4 Å². The molecule has 1 rings (SSSR count). The van der Waals surface area contributed by atoms with Crippen molar-refractivity contribution in [1.82, 2.24) is 9.80 Å². The van der Waals surface area contributed by atoms with E-state index >= 15 is 0 Å². The number of hydrogen-bond donors (Lipinski definition) is 2. The summed E-state index contributed by atoms with van der Waals surface area (Å²) in [5, 5.41) is 5.48. The zero-order valence-electron chi connectivity index (χ0n) is 28.8. The van der Waals surface area contributed by atoms with Crippen molar-refractivity contribution in [2.24, 2.45) is 0 Å². The first-order chi connectivity index (χ1) is 21.4. The molecule has 8 heteroatoms. The highest BCUT2D eigenvalue weighted by atomic mass is 16.6. The van der Waals surface area contributed by atoms with E-state index in [2.05, 4.69) is 48.4 Å². The minimum atomic E-state index is -0.488. The van der Waals surface area contributed by atoms with Crippen LogP contribution in [-0.4, -0.2) is 75.5 Å². The molecule has 1 aromatic carbocycles. The van der Waals surface area contributed by atoms with Crippen LogP contribution < -0.4 is 10.6 Å². The number of carbonyl (C=O) groups is 2. The number of carbonyl (C=O) groups excluding carboxylic acids is 2. The lowest BCUT2D eigenvalue weighted by Gasteiger charge is -2.16. The molecule has 0 aromatic heterocycles. The van der Waals surface area contributed by atoms with Crippen molar-refractivity contribution in [2.75, 3.05) is 64.1 Å². The average molecular weight is 619 g/mol. The highest BCUT2D eigenvalue weighted by Gasteiger charge is 2.08. The van der Waals surface area contributed by atoms with Gasteiger partial charge in [0.1, 0.15) is 0 Å². The van der Waals surface area contributed by atoms with E-state index in [0.717, 1.165) is 51.9 Å². The first-order valence-electron chi connectivity index (χ1n) is 17.8. The maximum Gasteiger partial charge on any atom is 0.411 e. The third-order valence-corrected chi connectivity index (χ3v) is 7.98. The van der Waals surface area contributed by atoms with Crippen LogP contribution in [0.15, 0.2) is 24.3 Å². The van der Waals surface area contributed by atoms with E-state index in [0.29, 0.717) is 24.6 Å². The molecular formula is C36H66N4O4. The van der Waals surface area contributed by atoms with Crippen molar-refractivity contribution in [1.29, 1.82) is 0 Å². The molecule has 254 valence electrons. The SMILES string of the molecule is CCCCCCCCCN(C)CCCCOC(=O)Nc1cccc(NC(=O)OCCCCN(C)CCCCCCCCC)c1. The number of ether oxygens (including phenoxy) is 2. The van der Waals surface area contributed by atoms with Crippen molar-refractivity contribution in [3.05, 3.63) is 24.3 Å². The van der Waals surface area contributed by atoms with E-state index in [9.17, 15) is 9.59 Å². The first kappa shape index (κ1) is 39.7. The summed E-state index contributed by atoms with van der Waals surface area (Å²) in [5.74, 6) is 0. The molecular weight excluding hydrogens is 552 g/mol. The fourth-order valence-corrected chi connectivity index (χ4v) is 5.18. The maximum atomic E-state index is 12.2. The van der Waals surface area contributed by atoms with Gasteiger partial charge < -0.3 is 19.3 Å². The Morgan fingerprint density at radius 3 is 1.27 bits per heavy atom. The number of rotatable bonds is 28. The third-order valence-electron chi connectivity index (χ3n) is 7.98. The Kier molecular flexibility index (Phi) is 25.4. The van der Waals surface area contributed by atoms with Crippen LogP contribution in [0.3, 0.4) is 0 Å². The molecule has 0 heterocycles. The summed E-state index contributed by atoms with van der Waals surface area (Å²) in [4.78, 5) is 29.2. The molecule has 0 aliphatic carbocycles. The van der Waals surface area contributed by atoms with Gasteiger partial charge in [0.05, 0.1) is 13.2 Å². The number of hydrogen-bond acceptors (Lipinski definition) is 6. The Balaban J connectivity index is 2.09. The first-order valence-corrected chi connectivity index (χ1v) is 17.8. The molecule has 0 aliphatic heterocycles. The average Bonchev–Trinajstić information content (AvgIpc) is 3.00. The van der Waals surface area contributed by atoms with E-state index in [4.69, 9.17) is 9.47 Å². The van der Waals surface area contributed by atoms with Gasteiger partial charge in [-0.3, -0.25) is 10.6 Å². The number of nitrogens with zero attached hydrogens (tertiary/aromatic N) is 2. The molecule has 0 radical (unpaired) electrons. The number of anilines is 2. The Morgan fingerprint density at radius 1 is 0.545 bits per heavy atom. The quantitative estimate of drug-likeness (QED) is 0.0910. The smallest absolute Gasteiger partial charge is 0.411 e. The molecule has 0 unspecified atom stereocenters. The van der Waals surface area contributed by atoms with Gasteiger partial charge in [-0.05, 0) is 97.0 Å². The third kappa shape index (κ3) is 24.1. The zero-order chi connectivity index (χ0) is 32.1. The van der Waals surface area contributed by atoms with E-state index in [1.807, 2.05) is 0 Å². The van der Waals surface area contributed by atoms with Crippen LogP contribution in [-0.2, 0) is 9.47 Å². The Morgan fingerprint density at radius 2 is 0.886 bits per heavy atom. The predicted molar refractivity (Wildman–Crippen MR) is 186 cm³/mol. The maximum absolute atomic E-state index is 12.2. The van der Waals surface area contributed by atoms with E-state index in [-0.39, 0.29) is 0 Å². The van der Waals surface area contributed by atoms with Gasteiger partial charge >= 0.3 is 12.2 Å². The molecule has 1 aromatic rings. The summed E-state index contributed by atoms with van der Waals surface area (Å²) < 4.78 is 10.7. The Hall–Kier alpha value is -2.32. The van der Waals surface area contributed by atoms with Gasteiger partial charge in [-0.15, -0.1) is 0 Å². The second-order valence-electron chi connectivity index (χ2n) is 12.4. The van der Waals surface area contributed by atoms with Gasteiger partial charge in [0.2, 0.25) is 0 Å². The number of amides is 2. The van der Waals surface area contributed by atoms with Crippen LogP contribution in [0.5, 0.6) is 0 Å². The highest BCUT2D eigenvalue weighted by Crippen LogP contribution is 2.16. The fourth-order valence-electron chi connectivity index (χ4n) is 5.18. The lowest BCUT2D eigenvalue weighted by molar-refractivity contribution is 0.157. The van der Waals surface area contributed by atoms with Gasteiger partial charge in [0.15, 0.2) is 0 Å². The fraction of sp³-hybridized carbons (Fsp3) is 0.778. The van der Waals surface area contributed by atoms with Gasteiger partial charge in [-0.1, -0.05) is 97.0 Å². The minimum Gasteiger partial charge on any atom is -0.449 e. The highest BCUT2D eigenvalue weighted by molar-refractivity contribution is 5.88. The monoisotopic (exact) mass is 619 g/mol. The molecule has 2 amide bonds. The lowest BCUT2D eigenvalue weighted by Crippen LogP contribution is -2.21. The van der Waals surface area contributed by atoms with Gasteiger partial charge in [-0.2, -0.15) is 0 Å². The van der Waals surface area contributed by atoms with Crippen LogP contribution >= 0.6 is 0 Å². The number of benzene rings is 1. The van der Waals surface area contributed by atoms with E-state index in [1.165, 1.54) is 89.9 Å². The van der Waals surface area contributed by atoms with Crippen LogP contribution in [0.4, 0.5) is 21.0 Å². The molecule has 2 N–H and O–H groups in total. The number of unbranched alkanes of at least 4 members (excludes halogenated alkanes) is 14. The van der Waals surface area contributed by atoms with Crippen molar-refractivity contribution in [3.8, 4) is 0 Å². The summed E-state index contributed by atoms with van der Waals surface area (Å²) >= 11 is 0. The van der Waals surface area contributed by atoms with Crippen molar-refractivity contribution in [3.63, 3.8) is 0 Å². The largest absolute Gasteiger partial charge is 0.449 e. The standard InChI is InChI=1S/C36H66N4O4/c1-5-7-9-11-13-15-17-26-39(3)28-19-21-30-43-35(41)37-33-24-23-25-34(32-33)38-36(42)44-31-22-20-29-40(4)27-18-16-14-12-10-8-6-2/h23-25,32H,5-22,26-31H2,1-4H3,(H,37,41)(H,38,42). The summed E-state index contributed by atoms with van der Waals surface area (Å²) in [5.41, 5.74) is 1.12. The zero-order valence-corrected chi connectivity index (χ0v) is 28.8. The molecule has 0 atom stereocenters. The molecule has 0 fully saturated rings. The van der Waals surface area contributed by atoms with E-state index < -0.39 is 12.2 Å². The van der Waals surface area contributed by atoms with Crippen LogP contribution in [0.2, 0.25) is 0 Å². The molecule has 8 nitrogen and oxygen atoms in total. The topological polar surface area (TPSA) is 83.1 Å². The molecule has 0 saturated heterocycles. The van der Waals surface area contributed by atoms with Crippen LogP contribution in [0, 0.1) is 0 Å². The second kappa shape index (κ2) is 28.2. The van der Waals surface area contributed by atoms with Crippen molar-refractivity contribution >= 4 is 23.6 Å². The van der Waals surface area contributed by atoms with Gasteiger partial charge in [-0.25, -0.2) is 9.59 Å². The van der Waals surface area contributed by atoms with Crippen molar-refractivity contribution in [2.45, 2.75) is 129 Å². The van der Waals surface area contributed by atoms with E-state index in [1.54, 1.807) is 24.3 Å². The molecule has 0 bridgehead atoms. The van der Waals surface area contributed by atoms with Gasteiger partial charge in [0.25, 0.3) is 0 Å². The van der Waals surface area contributed by atoms with Crippen molar-refractivity contribution < 1.29 is 19.1 Å². The van der Waals surface area contributed by atoms with Crippen LogP contribution in [0.25, 0.3) is 0 Å². The summed E-state index contributed by atoms with van der Waals surface area (Å²) in [6.07, 6.45) is 21.3. The Labute approximate surface area is 270 Å². The second-order valence-corrected chi connectivity index (χ2v) is 12.4. The summed E-state index contributed by atoms with van der Waals surface area (Å²) in [7, 11) is 4.33. The minimum absolute atomic E-state index is 0.385. The molecule has 0 saturated carbocycles. The Bertz CT molecular complexity index is 775. The predicted octanol–water partition coefficient (Wildman–Crippen LogP) is 9.71. The summed E-state index contributed by atoms with van der Waals surface area (Å²) in [6.45, 7) is 9.57. The lowest BCUT2D eigenvalue weighted by atomic mass is 10.1. The molecule has 44 heavy (non-hydrogen) atoms. The normalized spacial score (nSPS) is 11.2. The molecule has 0 spiro atoms.